The molecule has 0 bridgehead atoms. The van der Waals surface area contributed by atoms with E-state index in [2.05, 4.69) is 104 Å². The van der Waals surface area contributed by atoms with Crippen molar-refractivity contribution in [3.8, 4) is 0 Å². The van der Waals surface area contributed by atoms with E-state index in [1.165, 1.54) is 61.4 Å². The van der Waals surface area contributed by atoms with E-state index in [0.29, 0.717) is 69.9 Å². The molecule has 1 aliphatic heterocycles. The number of aliphatic hydroxyl groups is 1. The number of fused-ring (bicyclic) bond motifs is 1. The van der Waals surface area contributed by atoms with Gasteiger partial charge in [-0.05, 0) is 123 Å². The number of nitrogens with zero attached hydrogens (tertiary/aromatic N) is 7. The van der Waals surface area contributed by atoms with E-state index in [1.807, 2.05) is 86.6 Å². The van der Waals surface area contributed by atoms with E-state index >= 15 is 19.2 Å². The Morgan fingerprint density at radius 2 is 0.963 bits per heavy atom. The zero-order valence-electron chi connectivity index (χ0n) is 77.8. The maximum atomic E-state index is 15.2. The largest absolute Gasteiger partial charge is 0.391 e. The molecule has 4 heterocycles. The number of rotatable bonds is 48. The van der Waals surface area contributed by atoms with Crippen LogP contribution in [0.2, 0.25) is 0 Å². The number of hydrogen-bond donors (Lipinski definition) is 17. The number of aliphatic hydroxyl groups excluding tert-OH is 1. The molecule has 1 saturated heterocycles. The van der Waals surface area contributed by atoms with Gasteiger partial charge in [0, 0.05) is 119 Å². The molecule has 6 aromatic carbocycles. The summed E-state index contributed by atoms with van der Waals surface area (Å²) in [6.45, 7) is 15.5. The number of aromatic amines is 3. The number of nitrogens with one attached hydrogen (secondary N) is 15. The second-order valence-electron chi connectivity index (χ2n) is 34.4. The van der Waals surface area contributed by atoms with Crippen LogP contribution in [0.25, 0.3) is 10.8 Å². The number of benzene rings is 6. The average Bonchev–Trinajstić information content (AvgIpc) is 1.71. The Hall–Kier alpha value is -14.1. The molecule has 135 heavy (non-hydrogen) atoms. The minimum absolute atomic E-state index is 0.00693. The van der Waals surface area contributed by atoms with E-state index in [0.717, 1.165) is 5.69 Å². The molecule has 39 heteroatoms. The molecule has 17 N–H and O–H groups in total. The number of carbonyl (C=O) groups excluding carboxylic acids is 12. The molecule has 9 aromatic rings. The summed E-state index contributed by atoms with van der Waals surface area (Å²) in [5.74, 6) is -10.7. The number of carbonyl (C=O) groups is 12. The molecule has 13 atom stereocenters. The van der Waals surface area contributed by atoms with Gasteiger partial charge in [0.25, 0.3) is 16.0 Å². The molecule has 0 unspecified atom stereocenters. The highest BCUT2D eigenvalue weighted by atomic mass is 32.2. The first-order valence-corrected chi connectivity index (χ1v) is 46.8. The second kappa shape index (κ2) is 51.8. The maximum Gasteiger partial charge on any atom is 0.295 e. The van der Waals surface area contributed by atoms with Crippen LogP contribution in [0.15, 0.2) is 204 Å². The molecule has 722 valence electrons. The predicted molar refractivity (Wildman–Crippen MR) is 509 cm³/mol. The van der Waals surface area contributed by atoms with Crippen molar-refractivity contribution >= 4 is 115 Å². The molecule has 12 amide bonds. The van der Waals surface area contributed by atoms with Crippen LogP contribution in [0.3, 0.4) is 0 Å². The summed E-state index contributed by atoms with van der Waals surface area (Å²) < 4.78 is 34.0. The topological polar surface area (TPSA) is 541 Å². The number of anilines is 2. The highest BCUT2D eigenvalue weighted by Gasteiger charge is 2.43. The van der Waals surface area contributed by atoms with Crippen molar-refractivity contribution in [3.05, 3.63) is 217 Å². The minimum Gasteiger partial charge on any atom is -0.391 e. The third-order valence-electron chi connectivity index (χ3n) is 23.0. The zero-order valence-corrected chi connectivity index (χ0v) is 78.6. The van der Waals surface area contributed by atoms with E-state index in [-0.39, 0.29) is 99.7 Å². The van der Waals surface area contributed by atoms with Crippen molar-refractivity contribution in [1.29, 1.82) is 0 Å². The Kier molecular flexibility index (Phi) is 40.2. The summed E-state index contributed by atoms with van der Waals surface area (Å²) in [6, 6.07) is 30.4. The lowest BCUT2D eigenvalue weighted by Crippen LogP contribution is -2.62. The van der Waals surface area contributed by atoms with Gasteiger partial charge in [-0.1, -0.05) is 159 Å². The standard InChI is InChI=1S/C90H120N22O16S.C6H6/c1-12-54(7)77(105-75(114)28-19-37-95-80(115)58-29-31-59(32-30-58)109-110-60-33-35-64(36-34-60)111(10)11)88(123)104-72(45-63-48-93-51-99-63)90(125)112-40-20-26-73(112)85(120)102-69(42-57-21-15-14-16-22-57)81(116)101-70(43-61-46-91-49-97-61)82(117)100-68(41-52(3)4)83(118)106-76(53(5)6)87(122)107-78(55(8)13-2)89(124)103-71(44-62-47-92-50-98-62)84(119)108-79(56(9)113)86(121)96-39-38-94-67-25-17-24-66-65(67)23-18-27-74(66)129(126,127)128;1-2-4-6-5-3-1/h14-18,21-25,27,29-36,46-56,68-73,76-79,94,113H,12-13,19-20,26,28,37-45H2,1-11H3,(H,91,97)(H,92,98)(H,93,99)(H,95,115)(H,96,121)(H,100,117)(H,101,116)(H,102,120)(H,103,124)(H,104,123)(H,105,114)(H,106,118)(H,107,122)(H,108,119)(H,126,127,128);1-6H/t54-,55-,56+,68-,69-,70-,71-,72-,73-,76-,77-,78-,79-;/m0./s1. The van der Waals surface area contributed by atoms with Gasteiger partial charge in [-0.15, -0.1) is 0 Å². The Balaban J connectivity index is 0.00000327. The monoisotopic (exact) mass is 1870 g/mol. The fraction of sp³-hybridized carbons (Fsp3) is 0.427. The van der Waals surface area contributed by atoms with Gasteiger partial charge in [-0.3, -0.25) is 62.1 Å². The molecular formula is C96H126N22O16S. The molecule has 0 saturated carbocycles. The van der Waals surface area contributed by atoms with Crippen LogP contribution < -0.4 is 68.7 Å². The lowest BCUT2D eigenvalue weighted by atomic mass is 9.95. The van der Waals surface area contributed by atoms with Gasteiger partial charge in [0.1, 0.15) is 65.3 Å². The van der Waals surface area contributed by atoms with Gasteiger partial charge in [-0.2, -0.15) is 18.6 Å². The third-order valence-corrected chi connectivity index (χ3v) is 23.9. The number of likely N-dealkylation sites (tertiary alicyclic amines) is 1. The van der Waals surface area contributed by atoms with Gasteiger partial charge in [0.05, 0.1) is 53.5 Å². The lowest BCUT2D eigenvalue weighted by molar-refractivity contribution is -0.142. The smallest absolute Gasteiger partial charge is 0.295 e. The van der Waals surface area contributed by atoms with E-state index in [4.69, 9.17) is 0 Å². The summed E-state index contributed by atoms with van der Waals surface area (Å²) in [4.78, 5) is 199. The van der Waals surface area contributed by atoms with Crippen molar-refractivity contribution in [2.45, 2.75) is 204 Å². The Morgan fingerprint density at radius 3 is 1.49 bits per heavy atom. The number of aromatic nitrogens is 6. The Morgan fingerprint density at radius 1 is 0.489 bits per heavy atom. The van der Waals surface area contributed by atoms with Crippen LogP contribution in [0, 0.1) is 23.7 Å². The molecule has 1 fully saturated rings. The fourth-order valence-corrected chi connectivity index (χ4v) is 15.8. The van der Waals surface area contributed by atoms with Crippen molar-refractivity contribution in [2.75, 3.05) is 50.5 Å². The number of H-pyrrole nitrogens is 3. The van der Waals surface area contributed by atoms with Crippen molar-refractivity contribution in [2.24, 2.45) is 33.9 Å². The Labute approximate surface area is 785 Å². The molecule has 10 rings (SSSR count). The maximum absolute atomic E-state index is 15.2. The average molecular weight is 1880 g/mol. The number of hydrogen-bond acceptors (Lipinski definition) is 22. The molecule has 0 radical (unpaired) electrons. The van der Waals surface area contributed by atoms with Crippen LogP contribution >= 0.6 is 0 Å². The Bertz CT molecular complexity index is 5490. The summed E-state index contributed by atoms with van der Waals surface area (Å²) in [5.41, 5.74) is 4.72. The first-order valence-electron chi connectivity index (χ1n) is 45.4. The molecule has 3 aromatic heterocycles. The first kappa shape index (κ1) is 105. The fourth-order valence-electron chi connectivity index (χ4n) is 15.1. The quantitative estimate of drug-likeness (QED) is 0.0108. The first-order chi connectivity index (χ1) is 64.6. The van der Waals surface area contributed by atoms with Gasteiger partial charge in [0.15, 0.2) is 0 Å². The summed E-state index contributed by atoms with van der Waals surface area (Å²) in [7, 11) is -0.669. The lowest BCUT2D eigenvalue weighted by Gasteiger charge is -2.31. The van der Waals surface area contributed by atoms with E-state index in [1.54, 1.807) is 127 Å². The summed E-state index contributed by atoms with van der Waals surface area (Å²) in [5, 5.41) is 53.9. The molecule has 1 aliphatic rings. The minimum atomic E-state index is -4.55. The van der Waals surface area contributed by atoms with Crippen LogP contribution in [0.4, 0.5) is 22.7 Å². The van der Waals surface area contributed by atoms with Gasteiger partial charge < -0.3 is 93.7 Å². The zero-order chi connectivity index (χ0) is 97.8. The number of amides is 12. The van der Waals surface area contributed by atoms with Crippen molar-refractivity contribution in [3.63, 3.8) is 0 Å². The van der Waals surface area contributed by atoms with Gasteiger partial charge >= 0.3 is 0 Å². The summed E-state index contributed by atoms with van der Waals surface area (Å²) in [6.07, 6.45) is 7.94. The third kappa shape index (κ3) is 32.1. The molecule has 0 spiro atoms. The SMILES string of the molecule is CC[C@H](C)[C@H](NC(=O)CCCNC(=O)c1ccc(N=Nc2ccc(N(C)C)cc2)cc1)C(=O)N[C@@H](Cc1c[nH]cn1)C(=O)N1CCC[C@H]1C(=O)N[C@@H](Cc1ccccc1)C(=O)N[C@@H](Cc1c[nH]cn1)C(=O)N[C@@H](CC(C)C)C(=O)N[C@H](C(=O)N[C@H](C(=O)N[C@@H](Cc1c[nH]cn1)C(=O)N[C@H](C(=O)NCCNc1cccc2c(S(=O)(=O)O)cccc12)[C@@H](C)O)[C@@H](C)CC)C(C)C.c1ccccc1. The van der Waals surface area contributed by atoms with Crippen LogP contribution in [-0.2, 0) is 88.5 Å². The van der Waals surface area contributed by atoms with E-state index in [9.17, 15) is 56.4 Å². The van der Waals surface area contributed by atoms with E-state index < -0.39 is 159 Å². The second-order valence-corrected chi connectivity index (χ2v) is 35.8. The number of azo groups is 1. The summed E-state index contributed by atoms with van der Waals surface area (Å²) >= 11 is 0. The highest BCUT2D eigenvalue weighted by Crippen LogP contribution is 2.30. The van der Waals surface area contributed by atoms with Crippen molar-refractivity contribution < 1.29 is 75.6 Å². The normalized spacial score (nSPS) is 15.2. The van der Waals surface area contributed by atoms with Gasteiger partial charge in [0.2, 0.25) is 65.0 Å². The number of imidazole rings is 3. The molecular weight excluding hydrogens is 1750 g/mol. The van der Waals surface area contributed by atoms with Crippen LogP contribution in [0.5, 0.6) is 0 Å². The molecule has 0 aliphatic carbocycles. The van der Waals surface area contributed by atoms with Crippen molar-refractivity contribution in [1.82, 2.24) is 93.3 Å². The van der Waals surface area contributed by atoms with Gasteiger partial charge in [-0.25, -0.2) is 15.0 Å². The predicted octanol–water partition coefficient (Wildman–Crippen LogP) is 6.66. The molecule has 38 nitrogen and oxygen atoms in total. The van der Waals surface area contributed by atoms with Crippen LogP contribution in [0.1, 0.15) is 140 Å². The van der Waals surface area contributed by atoms with Crippen LogP contribution in [-0.4, -0.2) is 231 Å². The highest BCUT2D eigenvalue weighted by molar-refractivity contribution is 7.86.